The van der Waals surface area contributed by atoms with Gasteiger partial charge in [-0.15, -0.1) is 22.7 Å². The van der Waals surface area contributed by atoms with Gasteiger partial charge in [0.25, 0.3) is 0 Å². The molecule has 3 aromatic heterocycles. The first-order chi connectivity index (χ1) is 13.1. The first kappa shape index (κ1) is 17.9. The van der Waals surface area contributed by atoms with Gasteiger partial charge in [-0.2, -0.15) is 0 Å². The minimum Gasteiger partial charge on any atom is -0.302 e. The van der Waals surface area contributed by atoms with Gasteiger partial charge in [0, 0.05) is 28.2 Å². The molecule has 0 unspecified atom stereocenters. The van der Waals surface area contributed by atoms with Crippen LogP contribution in [0.5, 0.6) is 0 Å². The molecule has 0 bridgehead atoms. The summed E-state index contributed by atoms with van der Waals surface area (Å²) in [6, 6.07) is 8.52. The van der Waals surface area contributed by atoms with Crippen molar-refractivity contribution in [3.63, 3.8) is 0 Å². The van der Waals surface area contributed by atoms with E-state index in [-0.39, 0.29) is 12.3 Å². The first-order valence-electron chi connectivity index (χ1n) is 8.90. The first-order valence-corrected chi connectivity index (χ1v) is 10.6. The molecule has 0 saturated heterocycles. The molecule has 0 fully saturated rings. The molecule has 1 amide bonds. The topological polar surface area (TPSA) is 59.3 Å². The van der Waals surface area contributed by atoms with Gasteiger partial charge in [0.1, 0.15) is 0 Å². The minimum absolute atomic E-state index is 0.0978. The van der Waals surface area contributed by atoms with Crippen LogP contribution in [0.1, 0.15) is 29.5 Å². The summed E-state index contributed by atoms with van der Waals surface area (Å²) >= 11 is 3.06. The molecule has 4 aromatic rings. The summed E-state index contributed by atoms with van der Waals surface area (Å²) in [5.41, 5.74) is 4.11. The van der Waals surface area contributed by atoms with Crippen LogP contribution in [-0.4, -0.2) is 20.3 Å². The number of imidazole rings is 1. The number of aromatic nitrogens is 3. The smallest absolute Gasteiger partial charge is 0.232 e. The number of nitrogens with zero attached hydrogens (tertiary/aromatic N) is 3. The largest absolute Gasteiger partial charge is 0.302 e. The highest BCUT2D eigenvalue weighted by Gasteiger charge is 2.14. The van der Waals surface area contributed by atoms with E-state index in [0.717, 1.165) is 39.6 Å². The zero-order chi connectivity index (χ0) is 18.8. The Hall–Kier alpha value is -2.51. The van der Waals surface area contributed by atoms with Crippen LogP contribution < -0.4 is 5.32 Å². The third-order valence-electron chi connectivity index (χ3n) is 4.29. The van der Waals surface area contributed by atoms with Crippen LogP contribution in [0, 0.1) is 6.92 Å². The van der Waals surface area contributed by atoms with Gasteiger partial charge in [-0.05, 0) is 18.9 Å². The van der Waals surface area contributed by atoms with Crippen LogP contribution in [0.4, 0.5) is 5.13 Å². The summed E-state index contributed by atoms with van der Waals surface area (Å²) in [6.07, 6.45) is 6.30. The van der Waals surface area contributed by atoms with Crippen molar-refractivity contribution in [2.24, 2.45) is 0 Å². The van der Waals surface area contributed by atoms with Gasteiger partial charge in [-0.1, -0.05) is 37.6 Å². The Morgan fingerprint density at radius 2 is 2.04 bits per heavy atom. The van der Waals surface area contributed by atoms with Crippen LogP contribution in [0.15, 0.2) is 42.0 Å². The molecule has 4 rings (SSSR count). The van der Waals surface area contributed by atoms with Gasteiger partial charge >= 0.3 is 0 Å². The molecule has 0 atom stereocenters. The number of carbonyl (C=O) groups excluding carboxylic acids is 1. The Kier molecular flexibility index (Phi) is 5.05. The van der Waals surface area contributed by atoms with E-state index < -0.39 is 0 Å². The van der Waals surface area contributed by atoms with Crippen LogP contribution >= 0.6 is 22.7 Å². The maximum Gasteiger partial charge on any atom is 0.232 e. The molecule has 1 aromatic carbocycles. The second kappa shape index (κ2) is 7.62. The monoisotopic (exact) mass is 396 g/mol. The molecule has 138 valence electrons. The fraction of sp³-hybridized carbons (Fsp3) is 0.250. The lowest BCUT2D eigenvalue weighted by atomic mass is 10.1. The molecule has 5 nitrogen and oxygen atoms in total. The fourth-order valence-corrected chi connectivity index (χ4v) is 4.60. The highest BCUT2D eigenvalue weighted by Crippen LogP contribution is 2.30. The minimum atomic E-state index is -0.0978. The summed E-state index contributed by atoms with van der Waals surface area (Å²) in [6.45, 7) is 4.21. The number of fused-ring (bicyclic) bond motifs is 1. The molecule has 1 N–H and O–H groups in total. The summed E-state index contributed by atoms with van der Waals surface area (Å²) in [4.78, 5) is 23.4. The van der Waals surface area contributed by atoms with Crippen molar-refractivity contribution in [1.82, 2.24) is 14.4 Å². The van der Waals surface area contributed by atoms with E-state index in [4.69, 9.17) is 0 Å². The standard InChI is InChI=1S/C20H20N4OS2/c1-3-4-14-5-7-15(8-6-14)18-13(2)27-19(23-18)22-17(25)11-16-12-24-9-10-26-20(24)21-16/h5-10,12H,3-4,11H2,1-2H3,(H,22,23,25). The molecular formula is C20H20N4OS2. The summed E-state index contributed by atoms with van der Waals surface area (Å²) in [7, 11) is 0. The van der Waals surface area contributed by atoms with E-state index in [1.807, 2.05) is 29.1 Å². The van der Waals surface area contributed by atoms with E-state index in [9.17, 15) is 4.79 Å². The van der Waals surface area contributed by atoms with Crippen LogP contribution in [0.2, 0.25) is 0 Å². The normalized spacial score (nSPS) is 11.2. The summed E-state index contributed by atoms with van der Waals surface area (Å²) in [5, 5.41) is 5.52. The average Bonchev–Trinajstić information content (AvgIpc) is 3.31. The number of amides is 1. The number of nitrogens with one attached hydrogen (secondary N) is 1. The molecule has 3 heterocycles. The van der Waals surface area contributed by atoms with Crippen molar-refractivity contribution in [3.8, 4) is 11.3 Å². The second-order valence-corrected chi connectivity index (χ2v) is 8.50. The molecular weight excluding hydrogens is 376 g/mol. The Balaban J connectivity index is 1.45. The lowest BCUT2D eigenvalue weighted by Crippen LogP contribution is -2.14. The Morgan fingerprint density at radius 1 is 1.22 bits per heavy atom. The van der Waals surface area contributed by atoms with E-state index in [0.29, 0.717) is 5.13 Å². The van der Waals surface area contributed by atoms with Gasteiger partial charge in [0.2, 0.25) is 5.91 Å². The number of benzene rings is 1. The third kappa shape index (κ3) is 3.94. The predicted octanol–water partition coefficient (Wildman–Crippen LogP) is 4.96. The van der Waals surface area contributed by atoms with E-state index in [2.05, 4.69) is 46.5 Å². The quantitative estimate of drug-likeness (QED) is 0.501. The van der Waals surface area contributed by atoms with Crippen molar-refractivity contribution < 1.29 is 4.79 Å². The molecule has 27 heavy (non-hydrogen) atoms. The van der Waals surface area contributed by atoms with E-state index in [1.54, 1.807) is 11.3 Å². The molecule has 0 aliphatic heterocycles. The summed E-state index contributed by atoms with van der Waals surface area (Å²) in [5.74, 6) is -0.0978. The van der Waals surface area contributed by atoms with Crippen LogP contribution in [-0.2, 0) is 17.6 Å². The lowest BCUT2D eigenvalue weighted by molar-refractivity contribution is -0.115. The molecule has 0 aliphatic carbocycles. The Bertz CT molecular complexity index is 1050. The number of hydrogen-bond donors (Lipinski definition) is 1. The Labute approximate surface area is 165 Å². The van der Waals surface area contributed by atoms with Crippen molar-refractivity contribution >= 4 is 38.7 Å². The number of rotatable bonds is 6. The highest BCUT2D eigenvalue weighted by atomic mass is 32.1. The van der Waals surface area contributed by atoms with E-state index >= 15 is 0 Å². The number of carbonyl (C=O) groups is 1. The second-order valence-electron chi connectivity index (χ2n) is 6.42. The fourth-order valence-electron chi connectivity index (χ4n) is 3.02. The molecule has 7 heteroatoms. The number of anilines is 1. The zero-order valence-corrected chi connectivity index (χ0v) is 16.9. The van der Waals surface area contributed by atoms with Crippen LogP contribution in [0.3, 0.4) is 0 Å². The van der Waals surface area contributed by atoms with Gasteiger partial charge in [-0.3, -0.25) is 9.20 Å². The maximum atomic E-state index is 12.4. The van der Waals surface area contributed by atoms with E-state index in [1.165, 1.54) is 16.9 Å². The van der Waals surface area contributed by atoms with Crippen molar-refractivity contribution in [3.05, 3.63) is 58.2 Å². The Morgan fingerprint density at radius 3 is 2.78 bits per heavy atom. The number of hydrogen-bond acceptors (Lipinski definition) is 5. The molecule has 0 aliphatic rings. The third-order valence-corrected chi connectivity index (χ3v) is 5.95. The molecule has 0 radical (unpaired) electrons. The lowest BCUT2D eigenvalue weighted by Gasteiger charge is -2.02. The van der Waals surface area contributed by atoms with Crippen molar-refractivity contribution in [2.45, 2.75) is 33.1 Å². The average molecular weight is 397 g/mol. The van der Waals surface area contributed by atoms with Crippen molar-refractivity contribution in [2.75, 3.05) is 5.32 Å². The predicted molar refractivity (Wildman–Crippen MR) is 112 cm³/mol. The van der Waals surface area contributed by atoms with Gasteiger partial charge in [-0.25, -0.2) is 9.97 Å². The molecule has 0 spiro atoms. The SMILES string of the molecule is CCCc1ccc(-c2nc(NC(=O)Cc3cn4ccsc4n3)sc2C)cc1. The zero-order valence-electron chi connectivity index (χ0n) is 15.2. The maximum absolute atomic E-state index is 12.4. The number of thiazole rings is 2. The highest BCUT2D eigenvalue weighted by molar-refractivity contribution is 7.16. The van der Waals surface area contributed by atoms with Crippen LogP contribution in [0.25, 0.3) is 16.2 Å². The summed E-state index contributed by atoms with van der Waals surface area (Å²) < 4.78 is 1.93. The van der Waals surface area contributed by atoms with Crippen molar-refractivity contribution in [1.29, 1.82) is 0 Å². The van der Waals surface area contributed by atoms with Gasteiger partial charge < -0.3 is 5.32 Å². The van der Waals surface area contributed by atoms with Gasteiger partial charge in [0.15, 0.2) is 10.1 Å². The number of aryl methyl sites for hydroxylation is 2. The molecule has 0 saturated carbocycles. The van der Waals surface area contributed by atoms with Gasteiger partial charge in [0.05, 0.1) is 17.8 Å².